The lowest BCUT2D eigenvalue weighted by molar-refractivity contribution is -0.116. The van der Waals surface area contributed by atoms with Gasteiger partial charge in [0.2, 0.25) is 5.91 Å². The molecule has 0 aliphatic carbocycles. The maximum atomic E-state index is 12.2. The van der Waals surface area contributed by atoms with Crippen molar-refractivity contribution in [1.82, 2.24) is 14.8 Å². The minimum Gasteiger partial charge on any atom is -0.309 e. The van der Waals surface area contributed by atoms with Crippen LogP contribution in [0.5, 0.6) is 0 Å². The third-order valence-corrected chi connectivity index (χ3v) is 4.14. The summed E-state index contributed by atoms with van der Waals surface area (Å²) in [5.41, 5.74) is 2.96. The van der Waals surface area contributed by atoms with Crippen LogP contribution in [0.25, 0.3) is 21.9 Å². The van der Waals surface area contributed by atoms with Gasteiger partial charge < -0.3 is 5.32 Å². The number of carbonyl (C=O) groups is 1. The molecular formula is C20H26N4O. The van der Waals surface area contributed by atoms with Gasteiger partial charge in [-0.3, -0.25) is 4.79 Å². The molecule has 0 saturated carbocycles. The molecule has 5 heteroatoms. The molecule has 0 aliphatic rings. The van der Waals surface area contributed by atoms with Crippen LogP contribution in [0.4, 0.5) is 5.82 Å². The molecule has 3 rings (SSSR count). The SMILES string of the molecule is Cc1cccc2cc3c(NC(=O)CC(C)C)nn(CC(C)C)c3nc12. The second kappa shape index (κ2) is 6.82. The van der Waals surface area contributed by atoms with Gasteiger partial charge in [0, 0.05) is 18.4 Å². The summed E-state index contributed by atoms with van der Waals surface area (Å²) < 4.78 is 1.91. The highest BCUT2D eigenvalue weighted by Gasteiger charge is 2.17. The molecule has 1 amide bonds. The lowest BCUT2D eigenvalue weighted by Gasteiger charge is -2.06. The lowest BCUT2D eigenvalue weighted by atomic mass is 10.1. The number of anilines is 1. The zero-order valence-electron chi connectivity index (χ0n) is 15.6. The number of nitrogens with zero attached hydrogens (tertiary/aromatic N) is 3. The van der Waals surface area contributed by atoms with Gasteiger partial charge in [-0.15, -0.1) is 0 Å². The van der Waals surface area contributed by atoms with Gasteiger partial charge in [0.15, 0.2) is 11.5 Å². The van der Waals surface area contributed by atoms with E-state index in [1.807, 2.05) is 30.7 Å². The molecule has 0 fully saturated rings. The van der Waals surface area contributed by atoms with Gasteiger partial charge in [0.05, 0.1) is 10.9 Å². The average Bonchev–Trinajstić information content (AvgIpc) is 2.81. The summed E-state index contributed by atoms with van der Waals surface area (Å²) in [6.45, 7) is 11.2. The van der Waals surface area contributed by atoms with Crippen LogP contribution in [0.3, 0.4) is 0 Å². The topological polar surface area (TPSA) is 59.8 Å². The van der Waals surface area contributed by atoms with Crippen molar-refractivity contribution in [3.8, 4) is 0 Å². The number of aryl methyl sites for hydroxylation is 1. The summed E-state index contributed by atoms with van der Waals surface area (Å²) in [4.78, 5) is 17.1. The number of aromatic nitrogens is 3. The van der Waals surface area contributed by atoms with Crippen molar-refractivity contribution in [1.29, 1.82) is 0 Å². The molecule has 3 aromatic rings. The van der Waals surface area contributed by atoms with E-state index in [9.17, 15) is 4.79 Å². The fourth-order valence-corrected chi connectivity index (χ4v) is 3.05. The Labute approximate surface area is 148 Å². The molecule has 0 saturated heterocycles. The summed E-state index contributed by atoms with van der Waals surface area (Å²) in [6.07, 6.45) is 0.485. The lowest BCUT2D eigenvalue weighted by Crippen LogP contribution is -2.15. The van der Waals surface area contributed by atoms with Gasteiger partial charge in [0.25, 0.3) is 0 Å². The molecule has 1 aromatic carbocycles. The summed E-state index contributed by atoms with van der Waals surface area (Å²) >= 11 is 0. The maximum Gasteiger partial charge on any atom is 0.225 e. The first-order valence-electron chi connectivity index (χ1n) is 8.92. The summed E-state index contributed by atoms with van der Waals surface area (Å²) in [5, 5.41) is 9.59. The van der Waals surface area contributed by atoms with E-state index in [2.05, 4.69) is 43.3 Å². The highest BCUT2D eigenvalue weighted by Crippen LogP contribution is 2.28. The molecule has 0 radical (unpaired) electrons. The third kappa shape index (κ3) is 3.65. The number of nitrogens with one attached hydrogen (secondary N) is 1. The molecule has 0 spiro atoms. The number of pyridine rings is 1. The van der Waals surface area contributed by atoms with Crippen LogP contribution in [-0.2, 0) is 11.3 Å². The van der Waals surface area contributed by atoms with E-state index in [4.69, 9.17) is 4.98 Å². The Morgan fingerprint density at radius 2 is 1.96 bits per heavy atom. The Morgan fingerprint density at radius 3 is 2.64 bits per heavy atom. The number of fused-ring (bicyclic) bond motifs is 2. The number of hydrogen-bond acceptors (Lipinski definition) is 3. The molecule has 0 atom stereocenters. The summed E-state index contributed by atoms with van der Waals surface area (Å²) in [6, 6.07) is 8.23. The Hall–Kier alpha value is -2.43. The van der Waals surface area contributed by atoms with Crippen LogP contribution in [0, 0.1) is 18.8 Å². The number of carbonyl (C=O) groups excluding carboxylic acids is 1. The number of para-hydroxylation sites is 1. The Morgan fingerprint density at radius 1 is 1.20 bits per heavy atom. The van der Waals surface area contributed by atoms with E-state index < -0.39 is 0 Å². The van der Waals surface area contributed by atoms with E-state index in [1.165, 1.54) is 0 Å². The van der Waals surface area contributed by atoms with Gasteiger partial charge in [0.1, 0.15) is 0 Å². The van der Waals surface area contributed by atoms with E-state index >= 15 is 0 Å². The van der Waals surface area contributed by atoms with Gasteiger partial charge >= 0.3 is 0 Å². The first kappa shape index (κ1) is 17.4. The zero-order chi connectivity index (χ0) is 18.1. The minimum atomic E-state index is -0.00423. The maximum absolute atomic E-state index is 12.2. The number of rotatable bonds is 5. The van der Waals surface area contributed by atoms with Crippen LogP contribution < -0.4 is 5.32 Å². The first-order chi connectivity index (χ1) is 11.8. The van der Waals surface area contributed by atoms with Gasteiger partial charge in [-0.25, -0.2) is 9.67 Å². The fourth-order valence-electron chi connectivity index (χ4n) is 3.05. The second-order valence-corrected chi connectivity index (χ2v) is 7.58. The standard InChI is InChI=1S/C20H26N4O/c1-12(2)9-17(25)21-19-16-10-15-8-6-7-14(5)18(15)22-20(16)24(23-19)11-13(3)4/h6-8,10,12-13H,9,11H2,1-5H3,(H,21,23,25). The normalized spacial score (nSPS) is 11.8. The van der Waals surface area contributed by atoms with Crippen molar-refractivity contribution < 1.29 is 4.79 Å². The monoisotopic (exact) mass is 338 g/mol. The fraction of sp³-hybridized carbons (Fsp3) is 0.450. The van der Waals surface area contributed by atoms with Crippen molar-refractivity contribution in [3.63, 3.8) is 0 Å². The van der Waals surface area contributed by atoms with Crippen molar-refractivity contribution in [2.24, 2.45) is 11.8 Å². The van der Waals surface area contributed by atoms with Crippen LogP contribution in [-0.4, -0.2) is 20.7 Å². The highest BCUT2D eigenvalue weighted by atomic mass is 16.1. The second-order valence-electron chi connectivity index (χ2n) is 7.58. The van der Waals surface area contributed by atoms with Crippen molar-refractivity contribution in [2.75, 3.05) is 5.32 Å². The number of benzene rings is 1. The number of hydrogen-bond donors (Lipinski definition) is 1. The average molecular weight is 338 g/mol. The van der Waals surface area contributed by atoms with Crippen LogP contribution >= 0.6 is 0 Å². The number of amides is 1. The molecule has 25 heavy (non-hydrogen) atoms. The van der Waals surface area contributed by atoms with Crippen LogP contribution in [0.1, 0.15) is 39.7 Å². The van der Waals surface area contributed by atoms with E-state index in [0.29, 0.717) is 24.1 Å². The van der Waals surface area contributed by atoms with Crippen molar-refractivity contribution >= 4 is 33.7 Å². The quantitative estimate of drug-likeness (QED) is 0.743. The predicted molar refractivity (Wildman–Crippen MR) is 103 cm³/mol. The predicted octanol–water partition coefficient (Wildman–Crippen LogP) is 4.53. The van der Waals surface area contributed by atoms with Crippen molar-refractivity contribution in [3.05, 3.63) is 29.8 Å². The Bertz CT molecular complexity index is 924. The Balaban J connectivity index is 2.14. The largest absolute Gasteiger partial charge is 0.309 e. The first-order valence-corrected chi connectivity index (χ1v) is 8.92. The molecular weight excluding hydrogens is 312 g/mol. The minimum absolute atomic E-state index is 0.00423. The molecule has 5 nitrogen and oxygen atoms in total. The molecule has 0 bridgehead atoms. The van der Waals surface area contributed by atoms with Gasteiger partial charge in [-0.05, 0) is 30.4 Å². The van der Waals surface area contributed by atoms with Crippen LogP contribution in [0.15, 0.2) is 24.3 Å². The summed E-state index contributed by atoms with van der Waals surface area (Å²) in [5.74, 6) is 1.36. The molecule has 2 heterocycles. The molecule has 132 valence electrons. The Kier molecular flexibility index (Phi) is 4.75. The van der Waals surface area contributed by atoms with E-state index in [1.54, 1.807) is 0 Å². The molecule has 1 N–H and O–H groups in total. The molecule has 2 aromatic heterocycles. The summed E-state index contributed by atoms with van der Waals surface area (Å²) in [7, 11) is 0. The third-order valence-electron chi connectivity index (χ3n) is 4.14. The molecule has 0 aliphatic heterocycles. The van der Waals surface area contributed by atoms with Gasteiger partial charge in [-0.1, -0.05) is 45.9 Å². The van der Waals surface area contributed by atoms with Crippen molar-refractivity contribution in [2.45, 2.75) is 47.6 Å². The van der Waals surface area contributed by atoms with Crippen LogP contribution in [0.2, 0.25) is 0 Å². The van der Waals surface area contributed by atoms with E-state index in [-0.39, 0.29) is 5.91 Å². The molecule has 0 unspecified atom stereocenters. The smallest absolute Gasteiger partial charge is 0.225 e. The highest BCUT2D eigenvalue weighted by molar-refractivity contribution is 6.03. The van der Waals surface area contributed by atoms with E-state index in [0.717, 1.165) is 34.0 Å². The van der Waals surface area contributed by atoms with Gasteiger partial charge in [-0.2, -0.15) is 5.10 Å². The zero-order valence-corrected chi connectivity index (χ0v) is 15.6.